The van der Waals surface area contributed by atoms with E-state index in [0.29, 0.717) is 11.4 Å². The second-order valence-electron chi connectivity index (χ2n) is 2.93. The van der Waals surface area contributed by atoms with Crippen LogP contribution in [0.5, 0.6) is 0 Å². The van der Waals surface area contributed by atoms with Gasteiger partial charge in [0.1, 0.15) is 5.82 Å². The molecule has 0 N–H and O–H groups in total. The molecule has 2 rings (SSSR count). The molecule has 0 saturated heterocycles. The van der Waals surface area contributed by atoms with Gasteiger partial charge in [0.15, 0.2) is 0 Å². The van der Waals surface area contributed by atoms with Crippen molar-refractivity contribution in [3.63, 3.8) is 0 Å². The first-order valence-electron chi connectivity index (χ1n) is 3.96. The maximum atomic E-state index is 13.1. The number of rotatable bonds is 1. The van der Waals surface area contributed by atoms with Crippen LogP contribution in [0.1, 0.15) is 10.4 Å². The van der Waals surface area contributed by atoms with Gasteiger partial charge in [0.25, 0.3) is 0 Å². The topological polar surface area (TPSA) is 0 Å². The Bertz CT molecular complexity index is 447. The number of benzene rings is 1. The van der Waals surface area contributed by atoms with Gasteiger partial charge in [-0.15, -0.1) is 22.9 Å². The summed E-state index contributed by atoms with van der Waals surface area (Å²) in [5.74, 6) is 0.354. The molecule has 2 aromatic rings. The Morgan fingerprint density at radius 3 is 2.92 bits per heavy atom. The maximum Gasteiger partial charge on any atom is 0.126 e. The summed E-state index contributed by atoms with van der Waals surface area (Å²) in [6, 6.07) is 5.27. The number of fused-ring (bicyclic) bond motifs is 1. The van der Waals surface area contributed by atoms with Crippen molar-refractivity contribution in [1.82, 2.24) is 0 Å². The molecular formula is C10H8ClFS. The summed E-state index contributed by atoms with van der Waals surface area (Å²) in [6.07, 6.45) is 0. The zero-order valence-corrected chi connectivity index (χ0v) is 8.68. The molecule has 0 aliphatic rings. The van der Waals surface area contributed by atoms with Gasteiger partial charge in [0.2, 0.25) is 0 Å². The van der Waals surface area contributed by atoms with Crippen molar-refractivity contribution in [3.8, 4) is 0 Å². The number of hydrogen-bond acceptors (Lipinski definition) is 1. The molecular weight excluding hydrogens is 207 g/mol. The van der Waals surface area contributed by atoms with Gasteiger partial charge in [-0.05, 0) is 36.1 Å². The fourth-order valence-electron chi connectivity index (χ4n) is 1.34. The van der Waals surface area contributed by atoms with E-state index in [4.69, 9.17) is 11.6 Å². The second kappa shape index (κ2) is 3.28. The molecule has 68 valence electrons. The molecule has 0 amide bonds. The van der Waals surface area contributed by atoms with Gasteiger partial charge < -0.3 is 0 Å². The van der Waals surface area contributed by atoms with E-state index in [2.05, 4.69) is 0 Å². The highest BCUT2D eigenvalue weighted by Crippen LogP contribution is 2.30. The fraction of sp³-hybridized carbons (Fsp3) is 0.200. The van der Waals surface area contributed by atoms with Crippen molar-refractivity contribution in [2.75, 3.05) is 0 Å². The molecule has 0 fully saturated rings. The smallest absolute Gasteiger partial charge is 0.126 e. The van der Waals surface area contributed by atoms with Crippen molar-refractivity contribution < 1.29 is 4.39 Å². The van der Waals surface area contributed by atoms with Crippen molar-refractivity contribution in [1.29, 1.82) is 0 Å². The van der Waals surface area contributed by atoms with Crippen LogP contribution in [-0.2, 0) is 5.88 Å². The Labute approximate surface area is 85.0 Å². The van der Waals surface area contributed by atoms with Crippen LogP contribution in [0.25, 0.3) is 10.1 Å². The highest BCUT2D eigenvalue weighted by molar-refractivity contribution is 7.19. The van der Waals surface area contributed by atoms with E-state index in [1.807, 2.05) is 6.07 Å². The molecule has 0 spiro atoms. The van der Waals surface area contributed by atoms with Crippen LogP contribution in [0.3, 0.4) is 0 Å². The molecule has 0 aliphatic heterocycles. The van der Waals surface area contributed by atoms with Crippen LogP contribution < -0.4 is 0 Å². The first kappa shape index (κ1) is 8.97. The standard InChI is InChI=1S/C10H8ClFS/c1-6-8-4-7(5-11)13-10(8)3-2-9(6)12/h2-4H,5H2,1H3. The second-order valence-corrected chi connectivity index (χ2v) is 4.37. The minimum absolute atomic E-state index is 0.147. The fourth-order valence-corrected chi connectivity index (χ4v) is 2.56. The molecule has 1 aromatic carbocycles. The van der Waals surface area contributed by atoms with Gasteiger partial charge in [0, 0.05) is 9.58 Å². The summed E-state index contributed by atoms with van der Waals surface area (Å²) in [6.45, 7) is 1.79. The first-order valence-corrected chi connectivity index (χ1v) is 5.31. The summed E-state index contributed by atoms with van der Waals surface area (Å²) >= 11 is 7.33. The lowest BCUT2D eigenvalue weighted by Gasteiger charge is -1.96. The highest BCUT2D eigenvalue weighted by Gasteiger charge is 2.06. The van der Waals surface area contributed by atoms with Gasteiger partial charge in [-0.2, -0.15) is 0 Å². The summed E-state index contributed by atoms with van der Waals surface area (Å²) in [5, 5.41) is 0.987. The molecule has 0 bridgehead atoms. The average molecular weight is 215 g/mol. The molecule has 1 heterocycles. The predicted molar refractivity (Wildman–Crippen MR) is 56.1 cm³/mol. The third-order valence-corrected chi connectivity index (χ3v) is 3.63. The van der Waals surface area contributed by atoms with Crippen molar-refractivity contribution in [2.24, 2.45) is 0 Å². The zero-order chi connectivity index (χ0) is 9.42. The quantitative estimate of drug-likeness (QED) is 0.628. The Hall–Kier alpha value is -0.600. The van der Waals surface area contributed by atoms with E-state index in [-0.39, 0.29) is 5.82 Å². The Morgan fingerprint density at radius 1 is 1.46 bits per heavy atom. The van der Waals surface area contributed by atoms with Crippen molar-refractivity contribution in [3.05, 3.63) is 34.5 Å². The maximum absolute atomic E-state index is 13.1. The molecule has 1 aromatic heterocycles. The number of alkyl halides is 1. The predicted octanol–water partition coefficient (Wildman–Crippen LogP) is 4.09. The van der Waals surface area contributed by atoms with E-state index >= 15 is 0 Å². The Morgan fingerprint density at radius 2 is 2.23 bits per heavy atom. The van der Waals surface area contributed by atoms with Crippen molar-refractivity contribution in [2.45, 2.75) is 12.8 Å². The van der Waals surface area contributed by atoms with E-state index in [9.17, 15) is 4.39 Å². The van der Waals surface area contributed by atoms with Crippen LogP contribution in [0.4, 0.5) is 4.39 Å². The summed E-state index contributed by atoms with van der Waals surface area (Å²) in [5.41, 5.74) is 0.713. The Kier molecular flexibility index (Phi) is 2.26. The van der Waals surface area contributed by atoms with Crippen LogP contribution in [0.2, 0.25) is 0 Å². The van der Waals surface area contributed by atoms with Crippen LogP contribution in [0.15, 0.2) is 18.2 Å². The monoisotopic (exact) mass is 214 g/mol. The van der Waals surface area contributed by atoms with Crippen LogP contribution in [0, 0.1) is 12.7 Å². The van der Waals surface area contributed by atoms with Crippen LogP contribution >= 0.6 is 22.9 Å². The molecule has 13 heavy (non-hydrogen) atoms. The van der Waals surface area contributed by atoms with Gasteiger partial charge in [0.05, 0.1) is 5.88 Å². The largest absolute Gasteiger partial charge is 0.207 e. The SMILES string of the molecule is Cc1c(F)ccc2sc(CCl)cc12. The third-order valence-electron chi connectivity index (χ3n) is 2.09. The molecule has 0 atom stereocenters. The lowest BCUT2D eigenvalue weighted by Crippen LogP contribution is -1.80. The molecule has 3 heteroatoms. The summed E-state index contributed by atoms with van der Waals surface area (Å²) in [7, 11) is 0. The Balaban J connectivity index is 2.76. The summed E-state index contributed by atoms with van der Waals surface area (Å²) in [4.78, 5) is 1.09. The first-order chi connectivity index (χ1) is 6.22. The van der Waals surface area contributed by atoms with Gasteiger partial charge in [-0.25, -0.2) is 4.39 Å². The van der Waals surface area contributed by atoms with Gasteiger partial charge in [-0.3, -0.25) is 0 Å². The third kappa shape index (κ3) is 1.45. The normalized spacial score (nSPS) is 11.0. The molecule has 0 radical (unpaired) electrons. The van der Waals surface area contributed by atoms with E-state index in [1.54, 1.807) is 24.3 Å². The van der Waals surface area contributed by atoms with E-state index < -0.39 is 0 Å². The van der Waals surface area contributed by atoms with Gasteiger partial charge in [-0.1, -0.05) is 0 Å². The minimum atomic E-state index is -0.147. The average Bonchev–Trinajstić information content (AvgIpc) is 2.55. The highest BCUT2D eigenvalue weighted by atomic mass is 35.5. The number of aryl methyl sites for hydroxylation is 1. The lowest BCUT2D eigenvalue weighted by atomic mass is 10.1. The number of thiophene rings is 1. The zero-order valence-electron chi connectivity index (χ0n) is 7.10. The molecule has 0 unspecified atom stereocenters. The molecule has 0 nitrogen and oxygen atoms in total. The minimum Gasteiger partial charge on any atom is -0.207 e. The number of halogens is 2. The van der Waals surface area contributed by atoms with Crippen molar-refractivity contribution >= 4 is 33.0 Å². The van der Waals surface area contributed by atoms with Crippen LogP contribution in [-0.4, -0.2) is 0 Å². The molecule has 0 aliphatic carbocycles. The lowest BCUT2D eigenvalue weighted by molar-refractivity contribution is 0.621. The van der Waals surface area contributed by atoms with Gasteiger partial charge >= 0.3 is 0 Å². The van der Waals surface area contributed by atoms with E-state index in [1.165, 1.54) is 6.07 Å². The van der Waals surface area contributed by atoms with E-state index in [0.717, 1.165) is 15.0 Å². The summed E-state index contributed by atoms with van der Waals surface area (Å²) < 4.78 is 14.2. The molecule has 0 saturated carbocycles. The number of hydrogen-bond donors (Lipinski definition) is 0.